The average molecular weight is 236 g/mol. The van der Waals surface area contributed by atoms with Crippen LogP contribution in [0.25, 0.3) is 0 Å². The van der Waals surface area contributed by atoms with Gasteiger partial charge < -0.3 is 4.74 Å². The highest BCUT2D eigenvalue weighted by molar-refractivity contribution is 5.71. The molecule has 1 aliphatic carbocycles. The predicted molar refractivity (Wildman–Crippen MR) is 63.3 cm³/mol. The molecule has 0 bridgehead atoms. The van der Waals surface area contributed by atoms with Crippen LogP contribution in [0.3, 0.4) is 0 Å². The quantitative estimate of drug-likeness (QED) is 0.703. The number of hydrogen-bond donors (Lipinski definition) is 0. The van der Waals surface area contributed by atoms with Gasteiger partial charge in [0.25, 0.3) is 0 Å². The summed E-state index contributed by atoms with van der Waals surface area (Å²) in [5.41, 5.74) is -0.434. The summed E-state index contributed by atoms with van der Waals surface area (Å²) in [6, 6.07) is 2.23. The van der Waals surface area contributed by atoms with Crippen LogP contribution in [0.5, 0.6) is 0 Å². The third kappa shape index (κ3) is 2.38. The van der Waals surface area contributed by atoms with E-state index in [0.717, 1.165) is 25.7 Å². The number of likely N-dealkylation sites (tertiary alicyclic amines) is 1. The van der Waals surface area contributed by atoms with Gasteiger partial charge in [-0.15, -0.1) is 0 Å². The molecule has 94 valence electrons. The first-order chi connectivity index (χ1) is 7.88. The zero-order valence-electron chi connectivity index (χ0n) is 10.8. The summed E-state index contributed by atoms with van der Waals surface area (Å²) in [7, 11) is 0. The van der Waals surface area contributed by atoms with Gasteiger partial charge in [-0.2, -0.15) is 5.26 Å². The van der Waals surface area contributed by atoms with Crippen LogP contribution in [0.2, 0.25) is 0 Å². The fraction of sp³-hybridized carbons (Fsp3) is 0.846. The van der Waals surface area contributed by atoms with E-state index in [4.69, 9.17) is 10.00 Å². The van der Waals surface area contributed by atoms with E-state index in [1.54, 1.807) is 0 Å². The van der Waals surface area contributed by atoms with E-state index in [1.807, 2.05) is 25.7 Å². The maximum Gasteiger partial charge on any atom is 0.411 e. The molecule has 0 unspecified atom stereocenters. The van der Waals surface area contributed by atoms with Crippen LogP contribution in [0.4, 0.5) is 4.79 Å². The molecule has 1 saturated heterocycles. The number of ether oxygens (including phenoxy) is 1. The van der Waals surface area contributed by atoms with Gasteiger partial charge >= 0.3 is 6.09 Å². The van der Waals surface area contributed by atoms with Crippen molar-refractivity contribution < 1.29 is 9.53 Å². The molecule has 0 radical (unpaired) electrons. The molecule has 0 N–H and O–H groups in total. The molecule has 0 aromatic heterocycles. The Morgan fingerprint density at radius 3 is 2.59 bits per heavy atom. The Morgan fingerprint density at radius 1 is 1.47 bits per heavy atom. The molecular weight excluding hydrogens is 216 g/mol. The van der Waals surface area contributed by atoms with Crippen molar-refractivity contribution in [3.63, 3.8) is 0 Å². The van der Waals surface area contributed by atoms with Gasteiger partial charge in [-0.05, 0) is 46.5 Å². The van der Waals surface area contributed by atoms with Crippen molar-refractivity contribution in [2.75, 3.05) is 0 Å². The minimum Gasteiger partial charge on any atom is -0.444 e. The maximum absolute atomic E-state index is 12.2. The van der Waals surface area contributed by atoms with Gasteiger partial charge in [0.2, 0.25) is 0 Å². The molecule has 1 amide bonds. The Bertz CT molecular complexity index is 361. The minimum atomic E-state index is -0.465. The third-order valence-corrected chi connectivity index (χ3v) is 3.56. The van der Waals surface area contributed by atoms with Crippen molar-refractivity contribution in [3.05, 3.63) is 0 Å². The fourth-order valence-corrected chi connectivity index (χ4v) is 2.66. The summed E-state index contributed by atoms with van der Waals surface area (Å²) >= 11 is 0. The van der Waals surface area contributed by atoms with E-state index in [-0.39, 0.29) is 17.7 Å². The minimum absolute atomic E-state index is 0.0316. The predicted octanol–water partition coefficient (Wildman–Crippen LogP) is 2.83. The Morgan fingerprint density at radius 2 is 2.12 bits per heavy atom. The van der Waals surface area contributed by atoms with Crippen LogP contribution in [-0.2, 0) is 4.74 Å². The van der Waals surface area contributed by atoms with Crippen molar-refractivity contribution in [3.8, 4) is 6.07 Å². The van der Waals surface area contributed by atoms with Crippen LogP contribution in [0.15, 0.2) is 0 Å². The monoisotopic (exact) mass is 236 g/mol. The number of nitriles is 1. The van der Waals surface area contributed by atoms with E-state index < -0.39 is 5.60 Å². The van der Waals surface area contributed by atoms with Crippen molar-refractivity contribution in [2.24, 2.45) is 0 Å². The molecule has 2 fully saturated rings. The van der Waals surface area contributed by atoms with Crippen LogP contribution >= 0.6 is 0 Å². The van der Waals surface area contributed by atoms with Crippen molar-refractivity contribution >= 4 is 6.09 Å². The van der Waals surface area contributed by atoms with Gasteiger partial charge in [0.1, 0.15) is 5.60 Å². The maximum atomic E-state index is 12.2. The lowest BCUT2D eigenvalue weighted by molar-refractivity contribution is 0.0123. The summed E-state index contributed by atoms with van der Waals surface area (Å²) in [6.45, 7) is 5.62. The average Bonchev–Trinajstić information content (AvgIpc) is 2.82. The Hall–Kier alpha value is -1.24. The number of carbonyl (C=O) groups excluding carboxylic acids is 1. The van der Waals surface area contributed by atoms with E-state index in [0.29, 0.717) is 6.42 Å². The molecule has 0 aromatic carbocycles. The summed E-state index contributed by atoms with van der Waals surface area (Å²) < 4.78 is 5.45. The summed E-state index contributed by atoms with van der Waals surface area (Å²) in [5.74, 6) is 0. The smallest absolute Gasteiger partial charge is 0.411 e. The van der Waals surface area contributed by atoms with Gasteiger partial charge in [0.05, 0.1) is 12.5 Å². The summed E-state index contributed by atoms with van der Waals surface area (Å²) in [6.07, 6.45) is 4.27. The molecule has 4 heteroatoms. The lowest BCUT2D eigenvalue weighted by Crippen LogP contribution is -2.45. The Labute approximate surface area is 103 Å². The summed E-state index contributed by atoms with van der Waals surface area (Å²) in [4.78, 5) is 14.0. The zero-order valence-corrected chi connectivity index (χ0v) is 10.8. The molecule has 17 heavy (non-hydrogen) atoms. The molecule has 2 rings (SSSR count). The number of rotatable bonds is 1. The van der Waals surface area contributed by atoms with Gasteiger partial charge in [-0.1, -0.05) is 0 Å². The number of hydrogen-bond acceptors (Lipinski definition) is 3. The highest BCUT2D eigenvalue weighted by Crippen LogP contribution is 2.52. The standard InChI is InChI=1S/C13H20N2O2/c1-12(2,3)17-11(16)15-10(5-9-14)4-6-13(15)7-8-13/h10H,4-8H2,1-3H3/t10-/m0/s1. The Balaban J connectivity index is 2.10. The normalized spacial score (nSPS) is 25.8. The van der Waals surface area contributed by atoms with Crippen LogP contribution < -0.4 is 0 Å². The van der Waals surface area contributed by atoms with E-state index in [2.05, 4.69) is 6.07 Å². The van der Waals surface area contributed by atoms with Crippen LogP contribution in [-0.4, -0.2) is 28.2 Å². The second-order valence-electron chi connectivity index (χ2n) is 6.13. The number of amides is 1. The first-order valence-electron chi connectivity index (χ1n) is 6.27. The highest BCUT2D eigenvalue weighted by Gasteiger charge is 2.57. The van der Waals surface area contributed by atoms with Crippen LogP contribution in [0.1, 0.15) is 52.9 Å². The Kier molecular flexibility index (Phi) is 2.81. The first kappa shape index (κ1) is 12.2. The second kappa shape index (κ2) is 3.90. The van der Waals surface area contributed by atoms with E-state index in [1.165, 1.54) is 0 Å². The van der Waals surface area contributed by atoms with Gasteiger partial charge in [-0.3, -0.25) is 4.90 Å². The van der Waals surface area contributed by atoms with Crippen LogP contribution in [0, 0.1) is 11.3 Å². The van der Waals surface area contributed by atoms with Crippen molar-refractivity contribution in [1.29, 1.82) is 5.26 Å². The largest absolute Gasteiger partial charge is 0.444 e. The SMILES string of the molecule is CC(C)(C)OC(=O)N1[C@H](CC#N)CCC12CC2. The summed E-state index contributed by atoms with van der Waals surface area (Å²) in [5, 5.41) is 8.82. The highest BCUT2D eigenvalue weighted by atomic mass is 16.6. The second-order valence-corrected chi connectivity index (χ2v) is 6.13. The number of nitrogens with zero attached hydrogens (tertiary/aromatic N) is 2. The van der Waals surface area contributed by atoms with Crippen molar-refractivity contribution in [1.82, 2.24) is 4.90 Å². The third-order valence-electron chi connectivity index (χ3n) is 3.56. The van der Waals surface area contributed by atoms with E-state index in [9.17, 15) is 4.79 Å². The lowest BCUT2D eigenvalue weighted by Gasteiger charge is -2.32. The molecule has 1 saturated carbocycles. The molecule has 1 heterocycles. The van der Waals surface area contributed by atoms with Gasteiger partial charge in [0, 0.05) is 11.6 Å². The molecular formula is C13H20N2O2. The molecule has 2 aliphatic rings. The molecule has 1 aliphatic heterocycles. The fourth-order valence-electron chi connectivity index (χ4n) is 2.66. The molecule has 4 nitrogen and oxygen atoms in total. The van der Waals surface area contributed by atoms with Gasteiger partial charge in [-0.25, -0.2) is 4.79 Å². The first-order valence-corrected chi connectivity index (χ1v) is 6.27. The van der Waals surface area contributed by atoms with Gasteiger partial charge in [0.15, 0.2) is 0 Å². The number of carbonyl (C=O) groups is 1. The van der Waals surface area contributed by atoms with Crippen molar-refractivity contribution in [2.45, 2.75) is 70.1 Å². The molecule has 1 spiro atoms. The topological polar surface area (TPSA) is 53.3 Å². The lowest BCUT2D eigenvalue weighted by atomic mass is 10.1. The molecule has 0 aromatic rings. The molecule has 1 atom stereocenters. The van der Waals surface area contributed by atoms with E-state index >= 15 is 0 Å². The zero-order chi connectivity index (χ0) is 12.7.